The fourth-order valence-electron chi connectivity index (χ4n) is 2.03. The number of benzene rings is 1. The minimum atomic E-state index is 0.203. The highest BCUT2D eigenvalue weighted by Gasteiger charge is 2.08. The summed E-state index contributed by atoms with van der Waals surface area (Å²) in [6.07, 6.45) is 2.64. The maximum Gasteiger partial charge on any atom is 0.140 e. The molecular formula is C15H19N5. The summed E-state index contributed by atoms with van der Waals surface area (Å²) in [5, 5.41) is 16.4. The van der Waals surface area contributed by atoms with Gasteiger partial charge < -0.3 is 5.32 Å². The van der Waals surface area contributed by atoms with Gasteiger partial charge >= 0.3 is 0 Å². The molecule has 1 unspecified atom stereocenters. The van der Waals surface area contributed by atoms with Crippen LogP contribution in [0.25, 0.3) is 0 Å². The van der Waals surface area contributed by atoms with E-state index in [-0.39, 0.29) is 6.04 Å². The fraction of sp³-hybridized carbons (Fsp3) is 0.400. The van der Waals surface area contributed by atoms with Gasteiger partial charge in [0.15, 0.2) is 0 Å². The van der Waals surface area contributed by atoms with E-state index >= 15 is 0 Å². The maximum absolute atomic E-state index is 8.79. The summed E-state index contributed by atoms with van der Waals surface area (Å²) >= 11 is 0. The molecule has 2 aromatic rings. The van der Waals surface area contributed by atoms with Crippen LogP contribution in [0, 0.1) is 11.3 Å². The lowest BCUT2D eigenvalue weighted by molar-refractivity contribution is 0.509. The van der Waals surface area contributed by atoms with Crippen molar-refractivity contribution in [2.24, 2.45) is 0 Å². The van der Waals surface area contributed by atoms with Gasteiger partial charge in [0.25, 0.3) is 0 Å². The molecule has 0 aliphatic rings. The molecule has 1 aromatic heterocycles. The molecule has 0 radical (unpaired) electrons. The van der Waals surface area contributed by atoms with E-state index in [1.165, 1.54) is 0 Å². The Morgan fingerprint density at radius 2 is 2.10 bits per heavy atom. The van der Waals surface area contributed by atoms with Gasteiger partial charge in [-0.2, -0.15) is 10.4 Å². The monoisotopic (exact) mass is 269 g/mol. The van der Waals surface area contributed by atoms with Crippen LogP contribution in [0.4, 0.5) is 0 Å². The molecule has 1 atom stereocenters. The molecule has 1 heterocycles. The first-order valence-corrected chi connectivity index (χ1v) is 6.84. The summed E-state index contributed by atoms with van der Waals surface area (Å²) in [6, 6.07) is 9.97. The Bertz CT molecular complexity index is 579. The largest absolute Gasteiger partial charge is 0.303 e. The Hall–Kier alpha value is -2.19. The number of nitrogens with zero attached hydrogens (tertiary/aromatic N) is 4. The first-order chi connectivity index (χ1) is 9.74. The van der Waals surface area contributed by atoms with Crippen molar-refractivity contribution in [2.75, 3.05) is 0 Å². The highest BCUT2D eigenvalue weighted by Crippen LogP contribution is 2.13. The van der Waals surface area contributed by atoms with Gasteiger partial charge in [-0.05, 0) is 31.0 Å². The molecule has 0 amide bonds. The third-order valence-electron chi connectivity index (χ3n) is 3.24. The van der Waals surface area contributed by atoms with Gasteiger partial charge in [-0.3, -0.25) is 0 Å². The average Bonchev–Trinajstić information content (AvgIpc) is 2.92. The Balaban J connectivity index is 1.95. The van der Waals surface area contributed by atoms with Gasteiger partial charge in [-0.15, -0.1) is 0 Å². The Kier molecular flexibility index (Phi) is 4.85. The van der Waals surface area contributed by atoms with Crippen LogP contribution in [0.15, 0.2) is 30.6 Å². The van der Waals surface area contributed by atoms with Gasteiger partial charge in [0.05, 0.1) is 18.2 Å². The molecule has 20 heavy (non-hydrogen) atoms. The third-order valence-corrected chi connectivity index (χ3v) is 3.24. The van der Waals surface area contributed by atoms with Crippen molar-refractivity contribution in [1.29, 1.82) is 5.26 Å². The van der Waals surface area contributed by atoms with E-state index in [1.54, 1.807) is 6.33 Å². The predicted octanol–water partition coefficient (Wildman–Crippen LogP) is 2.41. The zero-order valence-corrected chi connectivity index (χ0v) is 11.9. The van der Waals surface area contributed by atoms with E-state index in [4.69, 9.17) is 5.26 Å². The van der Waals surface area contributed by atoms with Crippen molar-refractivity contribution < 1.29 is 0 Å². The summed E-state index contributed by atoms with van der Waals surface area (Å²) in [4.78, 5) is 4.27. The zero-order valence-electron chi connectivity index (χ0n) is 11.9. The van der Waals surface area contributed by atoms with Crippen LogP contribution >= 0.6 is 0 Å². The standard InChI is InChI=1S/C15H19N5/c1-3-8-20-15(18-11-19-20)10-17-12(2)14-6-4-13(9-16)5-7-14/h4-7,11-12,17H,3,8,10H2,1-2H3. The topological polar surface area (TPSA) is 66.5 Å². The van der Waals surface area contributed by atoms with Gasteiger partial charge in [0.1, 0.15) is 12.2 Å². The Morgan fingerprint density at radius 1 is 1.35 bits per heavy atom. The predicted molar refractivity (Wildman–Crippen MR) is 76.7 cm³/mol. The third kappa shape index (κ3) is 3.43. The van der Waals surface area contributed by atoms with Crippen molar-refractivity contribution in [3.05, 3.63) is 47.5 Å². The molecule has 0 saturated carbocycles. The maximum atomic E-state index is 8.79. The van der Waals surface area contributed by atoms with Crippen molar-refractivity contribution in [2.45, 2.75) is 39.4 Å². The van der Waals surface area contributed by atoms with Gasteiger partial charge in [-0.25, -0.2) is 9.67 Å². The van der Waals surface area contributed by atoms with Gasteiger partial charge in [0, 0.05) is 12.6 Å². The molecule has 1 aromatic carbocycles. The molecule has 1 N–H and O–H groups in total. The minimum Gasteiger partial charge on any atom is -0.303 e. The van der Waals surface area contributed by atoms with E-state index in [0.29, 0.717) is 12.1 Å². The van der Waals surface area contributed by atoms with Crippen LogP contribution in [0.3, 0.4) is 0 Å². The summed E-state index contributed by atoms with van der Waals surface area (Å²) in [7, 11) is 0. The lowest BCUT2D eigenvalue weighted by atomic mass is 10.1. The first-order valence-electron chi connectivity index (χ1n) is 6.84. The van der Waals surface area contributed by atoms with Crippen molar-refractivity contribution >= 4 is 0 Å². The van der Waals surface area contributed by atoms with E-state index in [9.17, 15) is 0 Å². The second kappa shape index (κ2) is 6.83. The molecule has 5 nitrogen and oxygen atoms in total. The molecule has 0 spiro atoms. The summed E-state index contributed by atoms with van der Waals surface area (Å²) in [6.45, 7) is 5.80. The molecule has 0 bridgehead atoms. The van der Waals surface area contributed by atoms with Crippen molar-refractivity contribution in [3.63, 3.8) is 0 Å². The van der Waals surface area contributed by atoms with Crippen molar-refractivity contribution in [3.8, 4) is 6.07 Å². The van der Waals surface area contributed by atoms with Crippen LogP contribution in [-0.2, 0) is 13.1 Å². The van der Waals surface area contributed by atoms with Crippen LogP contribution in [-0.4, -0.2) is 14.8 Å². The number of aryl methyl sites for hydroxylation is 1. The van der Waals surface area contributed by atoms with E-state index < -0.39 is 0 Å². The van der Waals surface area contributed by atoms with E-state index in [2.05, 4.69) is 35.3 Å². The number of nitrogens with one attached hydrogen (secondary N) is 1. The smallest absolute Gasteiger partial charge is 0.140 e. The van der Waals surface area contributed by atoms with Crippen LogP contribution in [0.2, 0.25) is 0 Å². The summed E-state index contributed by atoms with van der Waals surface area (Å²) < 4.78 is 1.93. The fourth-order valence-corrected chi connectivity index (χ4v) is 2.03. The van der Waals surface area contributed by atoms with Gasteiger partial charge in [0.2, 0.25) is 0 Å². The van der Waals surface area contributed by atoms with Crippen LogP contribution < -0.4 is 5.32 Å². The molecule has 104 valence electrons. The first kappa shape index (κ1) is 14.2. The normalized spacial score (nSPS) is 12.1. The van der Waals surface area contributed by atoms with Crippen LogP contribution in [0.1, 0.15) is 43.3 Å². The summed E-state index contributed by atoms with van der Waals surface area (Å²) in [5.74, 6) is 0.951. The highest BCUT2D eigenvalue weighted by atomic mass is 15.3. The zero-order chi connectivity index (χ0) is 14.4. The highest BCUT2D eigenvalue weighted by molar-refractivity contribution is 5.32. The Morgan fingerprint density at radius 3 is 2.75 bits per heavy atom. The molecule has 5 heteroatoms. The average molecular weight is 269 g/mol. The minimum absolute atomic E-state index is 0.203. The Labute approximate surface area is 119 Å². The number of hydrogen-bond donors (Lipinski definition) is 1. The number of aromatic nitrogens is 3. The number of hydrogen-bond acceptors (Lipinski definition) is 4. The molecule has 0 aliphatic carbocycles. The van der Waals surface area contributed by atoms with E-state index in [1.807, 2.05) is 28.9 Å². The van der Waals surface area contributed by atoms with Crippen LogP contribution in [0.5, 0.6) is 0 Å². The molecular weight excluding hydrogens is 250 g/mol. The lowest BCUT2D eigenvalue weighted by Crippen LogP contribution is -2.21. The lowest BCUT2D eigenvalue weighted by Gasteiger charge is -2.14. The SMILES string of the molecule is CCCn1ncnc1CNC(C)c1ccc(C#N)cc1. The van der Waals surface area contributed by atoms with Crippen molar-refractivity contribution in [1.82, 2.24) is 20.1 Å². The molecule has 2 rings (SSSR count). The van der Waals surface area contributed by atoms with Gasteiger partial charge in [-0.1, -0.05) is 19.1 Å². The second-order valence-electron chi connectivity index (χ2n) is 4.74. The number of nitriles is 1. The second-order valence-corrected chi connectivity index (χ2v) is 4.74. The quantitative estimate of drug-likeness (QED) is 0.874. The summed E-state index contributed by atoms with van der Waals surface area (Å²) in [5.41, 5.74) is 1.84. The van der Waals surface area contributed by atoms with E-state index in [0.717, 1.165) is 24.4 Å². The molecule has 0 saturated heterocycles. The molecule has 0 aliphatic heterocycles. The molecule has 0 fully saturated rings. The number of rotatable bonds is 6.